The molecule has 212 valence electrons. The Hall–Kier alpha value is -3.37. The third kappa shape index (κ3) is 6.02. The standard InChI is InChI=1S/C28H30N8O.3ClH/c1-2-21-27-22(32-28(37)24-17-30-25-10-3-4-14-35(24)25)8-6-9-23(27)36(33-21)18-20-7-5-11-26(31-20)34-15-12-19(29)13-16-34;;;/h3-11,14,17,19H,2,12-13,15-16,18,29H2,1H3,(H,32,37);3*1H. The highest BCUT2D eigenvalue weighted by molar-refractivity contribution is 6.08. The molecule has 9 nitrogen and oxygen atoms in total. The SMILES string of the molecule is CCc1nn(Cc2cccc(N3CCC(N)CC3)n2)c2cccc(NC(=O)c3cnc4ccccn34)c12.Cl.Cl.Cl. The number of nitrogens with two attached hydrogens (primary N) is 1. The first-order valence-electron chi connectivity index (χ1n) is 12.8. The Balaban J connectivity index is 0.00000147. The molecule has 0 saturated carbocycles. The molecular formula is C28H33Cl3N8O. The maximum Gasteiger partial charge on any atom is 0.274 e. The number of hydrogen-bond acceptors (Lipinski definition) is 6. The topological polar surface area (TPSA) is 106 Å². The molecule has 0 atom stereocenters. The van der Waals surface area contributed by atoms with Crippen LogP contribution < -0.4 is 16.0 Å². The van der Waals surface area contributed by atoms with Crippen LogP contribution in [0.4, 0.5) is 11.5 Å². The maximum absolute atomic E-state index is 13.2. The normalized spacial score (nSPS) is 13.4. The van der Waals surface area contributed by atoms with Gasteiger partial charge in [0.1, 0.15) is 17.2 Å². The number of piperidine rings is 1. The molecule has 0 bridgehead atoms. The number of carbonyl (C=O) groups is 1. The minimum Gasteiger partial charge on any atom is -0.356 e. The van der Waals surface area contributed by atoms with Crippen molar-refractivity contribution < 1.29 is 4.79 Å². The van der Waals surface area contributed by atoms with Gasteiger partial charge in [0, 0.05) is 30.7 Å². The zero-order valence-corrected chi connectivity index (χ0v) is 24.5. The number of carbonyl (C=O) groups excluding carboxylic acids is 1. The summed E-state index contributed by atoms with van der Waals surface area (Å²) in [5, 5.41) is 8.97. The zero-order valence-electron chi connectivity index (χ0n) is 22.1. The highest BCUT2D eigenvalue weighted by Crippen LogP contribution is 2.29. The average molecular weight is 604 g/mol. The molecule has 6 rings (SSSR count). The summed E-state index contributed by atoms with van der Waals surface area (Å²) < 4.78 is 3.77. The number of imidazole rings is 1. The van der Waals surface area contributed by atoms with E-state index in [9.17, 15) is 4.79 Å². The number of benzene rings is 1. The van der Waals surface area contributed by atoms with Gasteiger partial charge in [-0.2, -0.15) is 5.10 Å². The molecule has 0 aliphatic carbocycles. The number of hydrogen-bond donors (Lipinski definition) is 2. The van der Waals surface area contributed by atoms with E-state index in [-0.39, 0.29) is 49.2 Å². The number of aromatic nitrogens is 5. The van der Waals surface area contributed by atoms with Crippen LogP contribution in [0.1, 0.15) is 41.6 Å². The van der Waals surface area contributed by atoms with Crippen molar-refractivity contribution in [2.24, 2.45) is 5.73 Å². The molecule has 1 aromatic carbocycles. The molecule has 1 aliphatic heterocycles. The number of halogens is 3. The van der Waals surface area contributed by atoms with Gasteiger partial charge in [-0.05, 0) is 55.7 Å². The van der Waals surface area contributed by atoms with Crippen LogP contribution >= 0.6 is 37.2 Å². The monoisotopic (exact) mass is 602 g/mol. The third-order valence-corrected chi connectivity index (χ3v) is 7.05. The molecule has 12 heteroatoms. The van der Waals surface area contributed by atoms with Gasteiger partial charge in [0.2, 0.25) is 0 Å². The Bertz CT molecular complexity index is 1590. The van der Waals surface area contributed by atoms with Crippen molar-refractivity contribution in [3.05, 3.63) is 84.1 Å². The van der Waals surface area contributed by atoms with Crippen LogP contribution in [0.25, 0.3) is 16.6 Å². The van der Waals surface area contributed by atoms with E-state index in [1.807, 2.05) is 53.3 Å². The zero-order chi connectivity index (χ0) is 25.4. The first-order chi connectivity index (χ1) is 18.1. The average Bonchev–Trinajstić information content (AvgIpc) is 3.52. The third-order valence-electron chi connectivity index (χ3n) is 7.05. The summed E-state index contributed by atoms with van der Waals surface area (Å²) in [5.74, 6) is 0.772. The van der Waals surface area contributed by atoms with Gasteiger partial charge in [-0.3, -0.25) is 13.9 Å². The summed E-state index contributed by atoms with van der Waals surface area (Å²) in [5.41, 5.74) is 10.9. The van der Waals surface area contributed by atoms with E-state index >= 15 is 0 Å². The highest BCUT2D eigenvalue weighted by Gasteiger charge is 2.20. The summed E-state index contributed by atoms with van der Waals surface area (Å²) in [6, 6.07) is 18.0. The van der Waals surface area contributed by atoms with Crippen molar-refractivity contribution in [3.8, 4) is 0 Å². The number of fused-ring (bicyclic) bond motifs is 2. The van der Waals surface area contributed by atoms with Crippen molar-refractivity contribution in [3.63, 3.8) is 0 Å². The smallest absolute Gasteiger partial charge is 0.274 e. The van der Waals surface area contributed by atoms with Crippen LogP contribution in [0.3, 0.4) is 0 Å². The fourth-order valence-corrected chi connectivity index (χ4v) is 5.08. The van der Waals surface area contributed by atoms with Crippen molar-refractivity contribution >= 4 is 71.2 Å². The molecular weight excluding hydrogens is 571 g/mol. The molecule has 0 radical (unpaired) electrons. The summed E-state index contributed by atoms with van der Waals surface area (Å²) in [6.07, 6.45) is 6.15. The van der Waals surface area contributed by atoms with E-state index in [0.29, 0.717) is 12.2 Å². The quantitative estimate of drug-likeness (QED) is 0.279. The molecule has 4 aromatic heterocycles. The van der Waals surface area contributed by atoms with E-state index < -0.39 is 0 Å². The van der Waals surface area contributed by atoms with Crippen LogP contribution in [0.5, 0.6) is 0 Å². The Morgan fingerprint density at radius 2 is 1.80 bits per heavy atom. The second-order valence-corrected chi connectivity index (χ2v) is 9.50. The number of rotatable bonds is 6. The molecule has 3 N–H and O–H groups in total. The number of anilines is 2. The fourth-order valence-electron chi connectivity index (χ4n) is 5.08. The molecule has 1 fully saturated rings. The lowest BCUT2D eigenvalue weighted by molar-refractivity contribution is 0.102. The summed E-state index contributed by atoms with van der Waals surface area (Å²) in [7, 11) is 0. The van der Waals surface area contributed by atoms with Gasteiger partial charge >= 0.3 is 0 Å². The van der Waals surface area contributed by atoms with Crippen LogP contribution in [-0.4, -0.2) is 49.2 Å². The van der Waals surface area contributed by atoms with Crippen LogP contribution in [0.15, 0.2) is 67.0 Å². The molecule has 1 amide bonds. The van der Waals surface area contributed by atoms with Crippen molar-refractivity contribution in [2.45, 2.75) is 38.8 Å². The van der Waals surface area contributed by atoms with E-state index in [2.05, 4.69) is 34.3 Å². The lowest BCUT2D eigenvalue weighted by atomic mass is 10.1. The second-order valence-electron chi connectivity index (χ2n) is 9.50. The highest BCUT2D eigenvalue weighted by atomic mass is 35.5. The number of nitrogens with one attached hydrogen (secondary N) is 1. The van der Waals surface area contributed by atoms with Crippen LogP contribution in [0, 0.1) is 0 Å². The Labute approximate surface area is 251 Å². The minimum atomic E-state index is -0.211. The molecule has 5 aromatic rings. The molecule has 1 saturated heterocycles. The van der Waals surface area contributed by atoms with Gasteiger partial charge in [0.15, 0.2) is 0 Å². The number of nitrogens with zero attached hydrogens (tertiary/aromatic N) is 6. The largest absolute Gasteiger partial charge is 0.356 e. The van der Waals surface area contributed by atoms with Crippen molar-refractivity contribution in [1.29, 1.82) is 0 Å². The number of aryl methyl sites for hydroxylation is 1. The predicted octanol–water partition coefficient (Wildman–Crippen LogP) is 5.13. The molecule has 40 heavy (non-hydrogen) atoms. The lowest BCUT2D eigenvalue weighted by Crippen LogP contribution is -2.40. The summed E-state index contributed by atoms with van der Waals surface area (Å²) in [4.78, 5) is 24.8. The number of pyridine rings is 2. The van der Waals surface area contributed by atoms with Crippen molar-refractivity contribution in [2.75, 3.05) is 23.3 Å². The molecule has 0 unspecified atom stereocenters. The number of amides is 1. The van der Waals surface area contributed by atoms with E-state index in [4.69, 9.17) is 15.8 Å². The molecule has 5 heterocycles. The fraction of sp³-hybridized carbons (Fsp3) is 0.286. The predicted molar refractivity (Wildman–Crippen MR) is 167 cm³/mol. The van der Waals surface area contributed by atoms with E-state index in [1.54, 1.807) is 10.6 Å². The van der Waals surface area contributed by atoms with Gasteiger partial charge in [-0.15, -0.1) is 37.2 Å². The summed E-state index contributed by atoms with van der Waals surface area (Å²) >= 11 is 0. The van der Waals surface area contributed by atoms with Crippen molar-refractivity contribution in [1.82, 2.24) is 24.1 Å². The molecule has 0 spiro atoms. The van der Waals surface area contributed by atoms with Crippen LogP contribution in [-0.2, 0) is 13.0 Å². The second kappa shape index (κ2) is 13.3. The maximum atomic E-state index is 13.2. The van der Waals surface area contributed by atoms with Gasteiger partial charge in [-0.25, -0.2) is 9.97 Å². The minimum absolute atomic E-state index is 0. The van der Waals surface area contributed by atoms with E-state index in [0.717, 1.165) is 71.8 Å². The van der Waals surface area contributed by atoms with Crippen LogP contribution in [0.2, 0.25) is 0 Å². The first-order valence-corrected chi connectivity index (χ1v) is 12.8. The Kier molecular flexibility index (Phi) is 10.4. The Morgan fingerprint density at radius 1 is 1.02 bits per heavy atom. The van der Waals surface area contributed by atoms with Gasteiger partial charge in [0.05, 0.1) is 35.3 Å². The van der Waals surface area contributed by atoms with Gasteiger partial charge in [-0.1, -0.05) is 25.1 Å². The summed E-state index contributed by atoms with van der Waals surface area (Å²) in [6.45, 7) is 4.48. The Morgan fingerprint density at radius 3 is 2.58 bits per heavy atom. The molecule has 1 aliphatic rings. The van der Waals surface area contributed by atoms with E-state index in [1.165, 1.54) is 0 Å². The van der Waals surface area contributed by atoms with Gasteiger partial charge < -0.3 is 16.0 Å². The first kappa shape index (κ1) is 31.2. The lowest BCUT2D eigenvalue weighted by Gasteiger charge is -2.31. The van der Waals surface area contributed by atoms with Gasteiger partial charge in [0.25, 0.3) is 5.91 Å².